The summed E-state index contributed by atoms with van der Waals surface area (Å²) in [4.78, 5) is 24.2. The quantitative estimate of drug-likeness (QED) is 0.626. The number of rotatable bonds is 5. The largest absolute Gasteiger partial charge is 0.464 e. The number of carbonyl (C=O) groups excluding carboxylic acids is 2. The van der Waals surface area contributed by atoms with Gasteiger partial charge in [-0.1, -0.05) is 26.0 Å². The SMILES string of the molecule is C=C(C)C1CCC(C)(C)CC1C(=O)N[C@H](C)C(=O)OCC. The Bertz CT molecular complexity index is 414. The van der Waals surface area contributed by atoms with Crippen molar-refractivity contribution < 1.29 is 14.3 Å². The first-order valence-electron chi connectivity index (χ1n) is 7.80. The van der Waals surface area contributed by atoms with Crippen molar-refractivity contribution >= 4 is 11.9 Å². The van der Waals surface area contributed by atoms with E-state index in [1.165, 1.54) is 0 Å². The molecule has 1 fully saturated rings. The molecule has 0 heterocycles. The van der Waals surface area contributed by atoms with Gasteiger partial charge in [0.05, 0.1) is 6.61 Å². The minimum Gasteiger partial charge on any atom is -0.464 e. The highest BCUT2D eigenvalue weighted by atomic mass is 16.5. The van der Waals surface area contributed by atoms with Crippen LogP contribution in [0.3, 0.4) is 0 Å². The summed E-state index contributed by atoms with van der Waals surface area (Å²) >= 11 is 0. The molecule has 4 nitrogen and oxygen atoms in total. The summed E-state index contributed by atoms with van der Waals surface area (Å²) in [6.45, 7) is 14.1. The maximum Gasteiger partial charge on any atom is 0.328 e. The second-order valence-corrected chi connectivity index (χ2v) is 6.95. The van der Waals surface area contributed by atoms with Crippen molar-refractivity contribution in [2.75, 3.05) is 6.61 Å². The monoisotopic (exact) mass is 295 g/mol. The van der Waals surface area contributed by atoms with Crippen LogP contribution in [0.25, 0.3) is 0 Å². The van der Waals surface area contributed by atoms with E-state index in [-0.39, 0.29) is 29.1 Å². The average Bonchev–Trinajstić information content (AvgIpc) is 2.37. The van der Waals surface area contributed by atoms with E-state index in [1.807, 2.05) is 6.92 Å². The molecule has 0 bridgehead atoms. The first-order chi connectivity index (χ1) is 9.68. The van der Waals surface area contributed by atoms with Gasteiger partial charge in [-0.25, -0.2) is 4.79 Å². The number of esters is 1. The van der Waals surface area contributed by atoms with Crippen LogP contribution in [0.4, 0.5) is 0 Å². The van der Waals surface area contributed by atoms with Crippen LogP contribution in [0.1, 0.15) is 53.9 Å². The molecule has 1 rings (SSSR count). The molecule has 1 aliphatic carbocycles. The molecular formula is C17H29NO3. The van der Waals surface area contributed by atoms with Crippen molar-refractivity contribution in [1.29, 1.82) is 0 Å². The van der Waals surface area contributed by atoms with Crippen molar-refractivity contribution in [2.24, 2.45) is 17.3 Å². The van der Waals surface area contributed by atoms with Crippen molar-refractivity contribution in [3.8, 4) is 0 Å². The van der Waals surface area contributed by atoms with Gasteiger partial charge in [0.1, 0.15) is 6.04 Å². The minimum absolute atomic E-state index is 0.0590. The lowest BCUT2D eigenvalue weighted by atomic mass is 9.65. The Labute approximate surface area is 128 Å². The van der Waals surface area contributed by atoms with E-state index in [0.717, 1.165) is 24.8 Å². The summed E-state index contributed by atoms with van der Waals surface area (Å²) in [5.74, 6) is -0.348. The van der Waals surface area contributed by atoms with E-state index in [1.54, 1.807) is 13.8 Å². The molecule has 0 aromatic carbocycles. The summed E-state index contributed by atoms with van der Waals surface area (Å²) in [7, 11) is 0. The Hall–Kier alpha value is -1.32. The molecule has 120 valence electrons. The molecule has 0 radical (unpaired) electrons. The zero-order valence-corrected chi connectivity index (χ0v) is 14.0. The highest BCUT2D eigenvalue weighted by molar-refractivity contribution is 5.86. The zero-order chi connectivity index (χ0) is 16.2. The molecule has 0 saturated heterocycles. The van der Waals surface area contributed by atoms with Crippen molar-refractivity contribution in [1.82, 2.24) is 5.32 Å². The van der Waals surface area contributed by atoms with Crippen molar-refractivity contribution in [3.05, 3.63) is 12.2 Å². The molecule has 3 atom stereocenters. The Morgan fingerprint density at radius 1 is 1.38 bits per heavy atom. The van der Waals surface area contributed by atoms with Gasteiger partial charge in [-0.15, -0.1) is 0 Å². The second-order valence-electron chi connectivity index (χ2n) is 6.95. The van der Waals surface area contributed by atoms with Gasteiger partial charge in [-0.05, 0) is 51.4 Å². The predicted molar refractivity (Wildman–Crippen MR) is 83.7 cm³/mol. The summed E-state index contributed by atoms with van der Waals surface area (Å²) in [5, 5.41) is 2.80. The fourth-order valence-corrected chi connectivity index (χ4v) is 3.10. The van der Waals surface area contributed by atoms with Crippen LogP contribution in [0.2, 0.25) is 0 Å². The number of hydrogen-bond donors (Lipinski definition) is 1. The fraction of sp³-hybridized carbons (Fsp3) is 0.765. The molecular weight excluding hydrogens is 266 g/mol. The van der Waals surface area contributed by atoms with E-state index >= 15 is 0 Å². The molecule has 21 heavy (non-hydrogen) atoms. The molecule has 0 spiro atoms. The third-order valence-corrected chi connectivity index (χ3v) is 4.36. The average molecular weight is 295 g/mol. The Kier molecular flexibility index (Phi) is 5.99. The number of ether oxygens (including phenoxy) is 1. The Morgan fingerprint density at radius 3 is 2.52 bits per heavy atom. The summed E-state index contributed by atoms with van der Waals surface area (Å²) in [6.07, 6.45) is 2.90. The molecule has 1 N–H and O–H groups in total. The highest BCUT2D eigenvalue weighted by Crippen LogP contribution is 2.44. The molecule has 1 aliphatic rings. The normalized spacial score (nSPS) is 25.8. The van der Waals surface area contributed by atoms with Gasteiger partial charge in [-0.2, -0.15) is 0 Å². The topological polar surface area (TPSA) is 55.4 Å². The number of allylic oxidation sites excluding steroid dienone is 1. The van der Waals surface area contributed by atoms with Crippen molar-refractivity contribution in [2.45, 2.75) is 59.9 Å². The van der Waals surface area contributed by atoms with E-state index in [2.05, 4.69) is 25.7 Å². The third kappa shape index (κ3) is 4.87. The van der Waals surface area contributed by atoms with Gasteiger partial charge in [0.25, 0.3) is 0 Å². The summed E-state index contributed by atoms with van der Waals surface area (Å²) in [5.41, 5.74) is 1.20. The maximum absolute atomic E-state index is 12.6. The summed E-state index contributed by atoms with van der Waals surface area (Å²) in [6, 6.07) is -0.603. The van der Waals surface area contributed by atoms with Gasteiger partial charge in [0, 0.05) is 5.92 Å². The lowest BCUT2D eigenvalue weighted by molar-refractivity contribution is -0.147. The van der Waals surface area contributed by atoms with Crippen LogP contribution >= 0.6 is 0 Å². The Morgan fingerprint density at radius 2 is 2.00 bits per heavy atom. The van der Waals surface area contributed by atoms with Crippen LogP contribution in [0.15, 0.2) is 12.2 Å². The van der Waals surface area contributed by atoms with E-state index in [4.69, 9.17) is 4.74 Å². The van der Waals surface area contributed by atoms with Gasteiger partial charge < -0.3 is 10.1 Å². The van der Waals surface area contributed by atoms with Crippen LogP contribution in [0.5, 0.6) is 0 Å². The zero-order valence-electron chi connectivity index (χ0n) is 14.0. The Balaban J connectivity index is 2.76. The highest BCUT2D eigenvalue weighted by Gasteiger charge is 2.39. The standard InChI is InChI=1S/C17H29NO3/c1-7-21-16(20)12(4)18-15(19)14-10-17(5,6)9-8-13(14)11(2)3/h12-14H,2,7-10H2,1,3-6H3,(H,18,19)/t12-,13?,14?/m1/s1. The molecule has 1 amide bonds. The molecule has 0 aromatic heterocycles. The smallest absolute Gasteiger partial charge is 0.328 e. The fourth-order valence-electron chi connectivity index (χ4n) is 3.10. The van der Waals surface area contributed by atoms with E-state index in [0.29, 0.717) is 6.61 Å². The molecule has 0 aliphatic heterocycles. The van der Waals surface area contributed by atoms with Gasteiger partial charge in [0.2, 0.25) is 5.91 Å². The first kappa shape index (κ1) is 17.7. The number of carbonyl (C=O) groups is 2. The van der Waals surface area contributed by atoms with Gasteiger partial charge >= 0.3 is 5.97 Å². The molecule has 1 saturated carbocycles. The number of amides is 1. The first-order valence-corrected chi connectivity index (χ1v) is 7.80. The van der Waals surface area contributed by atoms with E-state index in [9.17, 15) is 9.59 Å². The molecule has 0 aromatic rings. The van der Waals surface area contributed by atoms with Crippen LogP contribution in [-0.2, 0) is 14.3 Å². The van der Waals surface area contributed by atoms with Crippen molar-refractivity contribution in [3.63, 3.8) is 0 Å². The number of nitrogens with one attached hydrogen (secondary N) is 1. The lowest BCUT2D eigenvalue weighted by Gasteiger charge is -2.40. The molecule has 4 heteroatoms. The van der Waals surface area contributed by atoms with Gasteiger partial charge in [0.15, 0.2) is 0 Å². The summed E-state index contributed by atoms with van der Waals surface area (Å²) < 4.78 is 4.94. The molecule has 2 unspecified atom stereocenters. The maximum atomic E-state index is 12.6. The lowest BCUT2D eigenvalue weighted by Crippen LogP contribution is -2.47. The van der Waals surface area contributed by atoms with Crippen LogP contribution < -0.4 is 5.32 Å². The third-order valence-electron chi connectivity index (χ3n) is 4.36. The predicted octanol–water partition coefficient (Wildman–Crippen LogP) is 3.07. The number of hydrogen-bond acceptors (Lipinski definition) is 3. The minimum atomic E-state index is -0.603. The van der Waals surface area contributed by atoms with E-state index < -0.39 is 6.04 Å². The van der Waals surface area contributed by atoms with Gasteiger partial charge in [-0.3, -0.25) is 4.79 Å². The van der Waals surface area contributed by atoms with Crippen LogP contribution in [-0.4, -0.2) is 24.5 Å². The second kappa shape index (κ2) is 7.10. The van der Waals surface area contributed by atoms with Crippen LogP contribution in [0, 0.1) is 17.3 Å².